The zero-order chi connectivity index (χ0) is 21.4. The van der Waals surface area contributed by atoms with Gasteiger partial charge in [-0.3, -0.25) is 14.6 Å². The van der Waals surface area contributed by atoms with Crippen LogP contribution in [0.1, 0.15) is 34.8 Å². The van der Waals surface area contributed by atoms with E-state index in [0.717, 1.165) is 5.56 Å². The van der Waals surface area contributed by atoms with Crippen LogP contribution in [0.2, 0.25) is 0 Å². The number of hydrogen-bond acceptors (Lipinski definition) is 6. The number of fused-ring (bicyclic) bond motifs is 1. The molecule has 2 amide bonds. The number of amides is 2. The molecule has 0 saturated carbocycles. The average Bonchev–Trinajstić information content (AvgIpc) is 3.08. The van der Waals surface area contributed by atoms with Gasteiger partial charge < -0.3 is 25.2 Å². The van der Waals surface area contributed by atoms with E-state index in [4.69, 9.17) is 0 Å². The molecule has 154 valence electrons. The van der Waals surface area contributed by atoms with Crippen molar-refractivity contribution in [2.45, 2.75) is 32.0 Å². The van der Waals surface area contributed by atoms with Gasteiger partial charge in [-0.15, -0.1) is 0 Å². The van der Waals surface area contributed by atoms with Crippen LogP contribution in [0.5, 0.6) is 0 Å². The van der Waals surface area contributed by atoms with Gasteiger partial charge in [-0.1, -0.05) is 24.3 Å². The largest absolute Gasteiger partial charge is 1.00 e. The fourth-order valence-corrected chi connectivity index (χ4v) is 4.12. The van der Waals surface area contributed by atoms with Crippen LogP contribution in [0.25, 0.3) is 5.57 Å². The van der Waals surface area contributed by atoms with E-state index < -0.39 is 18.0 Å². The molecule has 1 aromatic carbocycles. The Bertz CT molecular complexity index is 1040. The van der Waals surface area contributed by atoms with E-state index >= 15 is 0 Å². The van der Waals surface area contributed by atoms with Crippen molar-refractivity contribution in [2.24, 2.45) is 5.92 Å². The molecular weight excluding hydrogens is 409 g/mol. The van der Waals surface area contributed by atoms with E-state index in [1.165, 1.54) is 18.0 Å². The van der Waals surface area contributed by atoms with Gasteiger partial charge >= 0.3 is 29.6 Å². The third-order valence-electron chi connectivity index (χ3n) is 5.60. The number of carboxylic acid groups (broad SMARTS) is 1. The Hall–Kier alpha value is -2.52. The van der Waals surface area contributed by atoms with Crippen molar-refractivity contribution in [3.8, 4) is 0 Å². The summed E-state index contributed by atoms with van der Waals surface area (Å²) in [4.78, 5) is 41.3. The van der Waals surface area contributed by atoms with Gasteiger partial charge in [0, 0.05) is 18.9 Å². The number of aliphatic hydroxyl groups is 1. The smallest absolute Gasteiger partial charge is 0.543 e. The summed E-state index contributed by atoms with van der Waals surface area (Å²) in [5, 5.41) is 24.3. The minimum absolute atomic E-state index is 0. The summed E-state index contributed by atoms with van der Waals surface area (Å²) in [6.45, 7) is 1.84. The van der Waals surface area contributed by atoms with Crippen molar-refractivity contribution in [1.82, 2.24) is 15.2 Å². The van der Waals surface area contributed by atoms with E-state index in [-0.39, 0.29) is 53.1 Å². The normalized spacial score (nSPS) is 20.5. The molecular formula is C22H20N3NaO5. The van der Waals surface area contributed by atoms with Gasteiger partial charge in [0.15, 0.2) is 0 Å². The Morgan fingerprint density at radius 3 is 2.58 bits per heavy atom. The molecule has 1 fully saturated rings. The second-order valence-corrected chi connectivity index (χ2v) is 7.48. The minimum atomic E-state index is -1.40. The van der Waals surface area contributed by atoms with Crippen LogP contribution >= 0.6 is 0 Å². The third-order valence-corrected chi connectivity index (χ3v) is 5.60. The number of carbonyl (C=O) groups excluding carboxylic acids is 3. The molecule has 3 heterocycles. The summed E-state index contributed by atoms with van der Waals surface area (Å²) >= 11 is 0. The SMILES string of the molecule is C[C@@H](O)[C@H]1C(=O)N2C(C(=O)[O-])=C(c3ccc(CNC(=O)c4cccnc4)cc3)C[C@H]12.[Na+]. The first-order chi connectivity index (χ1) is 14.4. The number of rotatable bonds is 6. The molecule has 0 bridgehead atoms. The maximum Gasteiger partial charge on any atom is 1.00 e. The maximum atomic E-state index is 12.3. The number of carboxylic acids is 1. The molecule has 2 aliphatic heterocycles. The zero-order valence-electron chi connectivity index (χ0n) is 17.2. The van der Waals surface area contributed by atoms with Crippen LogP contribution in [0, 0.1) is 5.92 Å². The van der Waals surface area contributed by atoms with E-state index in [1.54, 1.807) is 42.6 Å². The topological polar surface area (TPSA) is 123 Å². The van der Waals surface area contributed by atoms with Crippen LogP contribution in [-0.2, 0) is 16.1 Å². The molecule has 0 spiro atoms. The van der Waals surface area contributed by atoms with Crippen molar-refractivity contribution in [3.63, 3.8) is 0 Å². The number of hydrogen-bond donors (Lipinski definition) is 2. The predicted molar refractivity (Wildman–Crippen MR) is 104 cm³/mol. The first kappa shape index (κ1) is 23.1. The molecule has 31 heavy (non-hydrogen) atoms. The maximum absolute atomic E-state index is 12.3. The molecule has 1 aromatic heterocycles. The number of nitrogens with one attached hydrogen (secondary N) is 1. The number of aliphatic hydroxyl groups excluding tert-OH is 1. The van der Waals surface area contributed by atoms with Crippen molar-refractivity contribution < 1.29 is 54.2 Å². The van der Waals surface area contributed by atoms with Crippen molar-refractivity contribution >= 4 is 23.4 Å². The quantitative estimate of drug-likeness (QED) is 0.375. The van der Waals surface area contributed by atoms with Gasteiger partial charge in [0.05, 0.1) is 35.3 Å². The number of β-lactam (4-membered cyclic amide) rings is 1. The van der Waals surface area contributed by atoms with E-state index in [2.05, 4.69) is 10.3 Å². The molecule has 0 aliphatic carbocycles. The monoisotopic (exact) mass is 429 g/mol. The van der Waals surface area contributed by atoms with Crippen LogP contribution in [0.4, 0.5) is 0 Å². The number of aromatic nitrogens is 1. The summed E-state index contributed by atoms with van der Waals surface area (Å²) in [6, 6.07) is 10.1. The van der Waals surface area contributed by atoms with Gasteiger partial charge in [-0.05, 0) is 42.2 Å². The Morgan fingerprint density at radius 2 is 2.00 bits per heavy atom. The van der Waals surface area contributed by atoms with E-state index in [9.17, 15) is 24.6 Å². The molecule has 0 unspecified atom stereocenters. The van der Waals surface area contributed by atoms with E-state index in [0.29, 0.717) is 29.7 Å². The van der Waals surface area contributed by atoms with Crippen molar-refractivity contribution in [1.29, 1.82) is 0 Å². The number of aliphatic carboxylic acids is 1. The van der Waals surface area contributed by atoms with Crippen molar-refractivity contribution in [3.05, 3.63) is 71.2 Å². The molecule has 8 nitrogen and oxygen atoms in total. The second-order valence-electron chi connectivity index (χ2n) is 7.48. The van der Waals surface area contributed by atoms with Gasteiger partial charge in [0.1, 0.15) is 0 Å². The van der Waals surface area contributed by atoms with E-state index in [1.807, 2.05) is 0 Å². The van der Waals surface area contributed by atoms with Crippen LogP contribution in [0.15, 0.2) is 54.5 Å². The first-order valence-electron chi connectivity index (χ1n) is 9.61. The fraction of sp³-hybridized carbons (Fsp3) is 0.273. The number of pyridine rings is 1. The molecule has 4 rings (SSSR count). The van der Waals surface area contributed by atoms with Gasteiger partial charge in [0.2, 0.25) is 5.91 Å². The zero-order valence-corrected chi connectivity index (χ0v) is 19.2. The van der Waals surface area contributed by atoms with Crippen LogP contribution < -0.4 is 40.0 Å². The molecule has 1 saturated heterocycles. The molecule has 3 atom stereocenters. The Morgan fingerprint density at radius 1 is 1.29 bits per heavy atom. The summed E-state index contributed by atoms with van der Waals surface area (Å²) in [6.07, 6.45) is 2.58. The standard InChI is InChI=1S/C22H21N3O5.Na/c1-12(26)18-17-9-16(19(22(29)30)25(17)21(18)28)14-6-4-13(5-7-14)10-24-20(27)15-3-2-8-23-11-15;/h2-8,11-12,17-18,26H,9-10H2,1H3,(H,24,27)(H,29,30);/q;+1/p-1/t12-,17-,18-;/m1./s1. The summed E-state index contributed by atoms with van der Waals surface area (Å²) in [7, 11) is 0. The molecule has 2 aromatic rings. The summed E-state index contributed by atoms with van der Waals surface area (Å²) < 4.78 is 0. The fourth-order valence-electron chi connectivity index (χ4n) is 4.12. The Kier molecular flexibility index (Phi) is 6.96. The molecule has 0 radical (unpaired) electrons. The predicted octanol–water partition coefficient (Wildman–Crippen LogP) is -2.91. The summed E-state index contributed by atoms with van der Waals surface area (Å²) in [5.74, 6) is -2.63. The minimum Gasteiger partial charge on any atom is -0.543 e. The Labute approximate surface area is 201 Å². The Balaban J connectivity index is 0.00000272. The summed E-state index contributed by atoms with van der Waals surface area (Å²) in [5.41, 5.74) is 2.36. The van der Waals surface area contributed by atoms with Crippen LogP contribution in [0.3, 0.4) is 0 Å². The average molecular weight is 429 g/mol. The third kappa shape index (κ3) is 4.29. The molecule has 9 heteroatoms. The van der Waals surface area contributed by atoms with Gasteiger partial charge in [0.25, 0.3) is 5.91 Å². The number of nitrogens with zero attached hydrogens (tertiary/aromatic N) is 2. The van der Waals surface area contributed by atoms with Gasteiger partial charge in [-0.25, -0.2) is 0 Å². The number of benzene rings is 1. The molecule has 2 N–H and O–H groups in total. The van der Waals surface area contributed by atoms with Crippen LogP contribution in [-0.4, -0.2) is 44.9 Å². The van der Waals surface area contributed by atoms with Gasteiger partial charge in [-0.2, -0.15) is 0 Å². The molecule has 2 aliphatic rings. The number of carbonyl (C=O) groups is 3. The first-order valence-corrected chi connectivity index (χ1v) is 9.61. The second kappa shape index (κ2) is 9.32. The van der Waals surface area contributed by atoms with Crippen molar-refractivity contribution in [2.75, 3.05) is 0 Å².